The van der Waals surface area contributed by atoms with Crippen LogP contribution in [0.4, 0.5) is 5.69 Å². The molecule has 5 nitrogen and oxygen atoms in total. The Hall–Kier alpha value is -1.01. The van der Waals surface area contributed by atoms with Crippen molar-refractivity contribution in [2.75, 3.05) is 11.4 Å². The van der Waals surface area contributed by atoms with Gasteiger partial charge in [0.05, 0.1) is 16.1 Å². The molecule has 1 aromatic rings. The molecule has 1 fully saturated rings. The van der Waals surface area contributed by atoms with Gasteiger partial charge in [-0.25, -0.2) is 0 Å². The summed E-state index contributed by atoms with van der Waals surface area (Å²) in [5.74, 6) is -0.503. The van der Waals surface area contributed by atoms with Gasteiger partial charge in [-0.1, -0.05) is 23.2 Å². The molecule has 1 heterocycles. The average Bonchev–Trinajstić information content (AvgIpc) is 2.74. The first kappa shape index (κ1) is 18.0. The van der Waals surface area contributed by atoms with Gasteiger partial charge in [0.2, 0.25) is 11.8 Å². The highest BCUT2D eigenvalue weighted by Gasteiger charge is 2.34. The lowest BCUT2D eigenvalue weighted by Gasteiger charge is -2.18. The second-order valence-corrected chi connectivity index (χ2v) is 5.54. The van der Waals surface area contributed by atoms with Gasteiger partial charge >= 0.3 is 0 Å². The number of hydrogen-bond acceptors (Lipinski definition) is 3. The number of rotatable bonds is 3. The van der Waals surface area contributed by atoms with Crippen LogP contribution in [-0.4, -0.2) is 30.4 Å². The number of nitrogens with zero attached hydrogens (tertiary/aromatic N) is 1. The molecule has 1 aromatic carbocycles. The Labute approximate surface area is 139 Å². The largest absolute Gasteiger partial charge is 0.343 e. The van der Waals surface area contributed by atoms with E-state index in [1.807, 2.05) is 0 Å². The molecule has 3 N–H and O–H groups in total. The van der Waals surface area contributed by atoms with Gasteiger partial charge in [-0.3, -0.25) is 9.59 Å². The number of nitrogens with two attached hydrogens (primary N) is 1. The third-order valence-corrected chi connectivity index (χ3v) is 3.89. The molecule has 21 heavy (non-hydrogen) atoms. The van der Waals surface area contributed by atoms with E-state index in [9.17, 15) is 9.59 Å². The molecule has 2 amide bonds. The summed E-state index contributed by atoms with van der Waals surface area (Å²) in [7, 11) is 0. The lowest BCUT2D eigenvalue weighted by molar-refractivity contribution is -0.127. The molecular formula is C13H16Cl3N3O2. The van der Waals surface area contributed by atoms with Gasteiger partial charge in [-0.15, -0.1) is 12.4 Å². The zero-order valence-electron chi connectivity index (χ0n) is 11.3. The summed E-state index contributed by atoms with van der Waals surface area (Å²) >= 11 is 11.8. The zero-order chi connectivity index (χ0) is 14.9. The second-order valence-electron chi connectivity index (χ2n) is 4.73. The first-order valence-corrected chi connectivity index (χ1v) is 6.98. The number of halogens is 3. The number of hydrogen-bond donors (Lipinski definition) is 2. The fourth-order valence-corrected chi connectivity index (χ4v) is 2.32. The highest BCUT2D eigenvalue weighted by molar-refractivity contribution is 6.42. The number of carbonyl (C=O) groups is 2. The Kier molecular flexibility index (Phi) is 6.28. The maximum absolute atomic E-state index is 12.3. The monoisotopic (exact) mass is 351 g/mol. The molecule has 1 aliphatic rings. The van der Waals surface area contributed by atoms with Crippen molar-refractivity contribution in [2.24, 2.45) is 5.73 Å². The highest BCUT2D eigenvalue weighted by Crippen LogP contribution is 2.29. The van der Waals surface area contributed by atoms with Crippen molar-refractivity contribution in [3.05, 3.63) is 28.2 Å². The molecule has 1 saturated heterocycles. The van der Waals surface area contributed by atoms with Crippen molar-refractivity contribution in [3.63, 3.8) is 0 Å². The fourth-order valence-electron chi connectivity index (χ4n) is 2.03. The normalized spacial score (nSPS) is 19.1. The van der Waals surface area contributed by atoms with Crippen molar-refractivity contribution in [3.8, 4) is 0 Å². The topological polar surface area (TPSA) is 75.4 Å². The molecule has 116 valence electrons. The molecule has 2 unspecified atom stereocenters. The van der Waals surface area contributed by atoms with Crippen LogP contribution in [0.1, 0.15) is 13.3 Å². The Bertz CT molecular complexity index is 551. The number of benzene rings is 1. The van der Waals surface area contributed by atoms with Crippen LogP contribution in [0, 0.1) is 0 Å². The number of nitrogens with one attached hydrogen (secondary N) is 1. The molecule has 8 heteroatoms. The summed E-state index contributed by atoms with van der Waals surface area (Å²) < 4.78 is 0. The lowest BCUT2D eigenvalue weighted by atomic mass is 10.2. The van der Waals surface area contributed by atoms with E-state index in [-0.39, 0.29) is 24.2 Å². The zero-order valence-corrected chi connectivity index (χ0v) is 13.6. The van der Waals surface area contributed by atoms with E-state index in [2.05, 4.69) is 5.32 Å². The Morgan fingerprint density at radius 3 is 2.67 bits per heavy atom. The van der Waals surface area contributed by atoms with Gasteiger partial charge in [0.25, 0.3) is 0 Å². The standard InChI is InChI=1S/C13H15Cl2N3O2.ClH/c1-7(16)12(19)17-11-4-5-18(13(11)20)8-2-3-9(14)10(15)6-8;/h2-3,6-7,11H,4-5,16H2,1H3,(H,17,19);1H. The minimum absolute atomic E-state index is 0. The van der Waals surface area contributed by atoms with Crippen LogP contribution < -0.4 is 16.0 Å². The number of anilines is 1. The molecule has 0 aliphatic carbocycles. The Morgan fingerprint density at radius 1 is 1.43 bits per heavy atom. The maximum Gasteiger partial charge on any atom is 0.249 e. The molecule has 2 atom stereocenters. The van der Waals surface area contributed by atoms with Crippen molar-refractivity contribution < 1.29 is 9.59 Å². The van der Waals surface area contributed by atoms with E-state index in [1.54, 1.807) is 30.0 Å². The van der Waals surface area contributed by atoms with Gasteiger partial charge in [0.1, 0.15) is 6.04 Å². The van der Waals surface area contributed by atoms with Crippen LogP contribution in [0.5, 0.6) is 0 Å². The van der Waals surface area contributed by atoms with E-state index >= 15 is 0 Å². The summed E-state index contributed by atoms with van der Waals surface area (Å²) in [6, 6.07) is 3.82. The second kappa shape index (κ2) is 7.31. The van der Waals surface area contributed by atoms with Crippen molar-refractivity contribution in [1.82, 2.24) is 5.32 Å². The van der Waals surface area contributed by atoms with E-state index in [1.165, 1.54) is 0 Å². The van der Waals surface area contributed by atoms with E-state index < -0.39 is 12.1 Å². The quantitative estimate of drug-likeness (QED) is 0.873. The van der Waals surface area contributed by atoms with Crippen molar-refractivity contribution in [2.45, 2.75) is 25.4 Å². The minimum atomic E-state index is -0.637. The van der Waals surface area contributed by atoms with Crippen molar-refractivity contribution in [1.29, 1.82) is 0 Å². The number of carbonyl (C=O) groups excluding carboxylic acids is 2. The van der Waals surface area contributed by atoms with E-state index in [0.717, 1.165) is 0 Å². The molecule has 0 saturated carbocycles. The van der Waals surface area contributed by atoms with Crippen LogP contribution in [-0.2, 0) is 9.59 Å². The fraction of sp³-hybridized carbons (Fsp3) is 0.385. The van der Waals surface area contributed by atoms with Gasteiger partial charge < -0.3 is 16.0 Å². The van der Waals surface area contributed by atoms with Crippen LogP contribution in [0.3, 0.4) is 0 Å². The predicted octanol–water partition coefficient (Wildman–Crippen LogP) is 1.98. The summed E-state index contributed by atoms with van der Waals surface area (Å²) in [5.41, 5.74) is 6.14. The van der Waals surface area contributed by atoms with E-state index in [0.29, 0.717) is 28.7 Å². The van der Waals surface area contributed by atoms with Crippen LogP contribution in [0.15, 0.2) is 18.2 Å². The van der Waals surface area contributed by atoms with Gasteiger partial charge in [-0.05, 0) is 31.5 Å². The third-order valence-electron chi connectivity index (χ3n) is 3.15. The Morgan fingerprint density at radius 2 is 2.10 bits per heavy atom. The van der Waals surface area contributed by atoms with Crippen molar-refractivity contribution >= 4 is 53.1 Å². The summed E-state index contributed by atoms with van der Waals surface area (Å²) in [5, 5.41) is 3.46. The molecule has 0 spiro atoms. The van der Waals surface area contributed by atoms with Crippen LogP contribution >= 0.6 is 35.6 Å². The highest BCUT2D eigenvalue weighted by atomic mass is 35.5. The summed E-state index contributed by atoms with van der Waals surface area (Å²) in [4.78, 5) is 25.4. The van der Waals surface area contributed by atoms with Gasteiger partial charge in [0, 0.05) is 12.2 Å². The number of amides is 2. The lowest BCUT2D eigenvalue weighted by Crippen LogP contribution is -2.47. The average molecular weight is 353 g/mol. The Balaban J connectivity index is 0.00000220. The van der Waals surface area contributed by atoms with Crippen LogP contribution in [0.25, 0.3) is 0 Å². The minimum Gasteiger partial charge on any atom is -0.343 e. The predicted molar refractivity (Wildman–Crippen MR) is 86.3 cm³/mol. The maximum atomic E-state index is 12.3. The van der Waals surface area contributed by atoms with Gasteiger partial charge in [-0.2, -0.15) is 0 Å². The smallest absolute Gasteiger partial charge is 0.249 e. The van der Waals surface area contributed by atoms with Gasteiger partial charge in [0.15, 0.2) is 0 Å². The first-order valence-electron chi connectivity index (χ1n) is 6.22. The summed E-state index contributed by atoms with van der Waals surface area (Å²) in [6.07, 6.45) is 0.539. The molecule has 1 aliphatic heterocycles. The SMILES string of the molecule is CC(N)C(=O)NC1CCN(c2ccc(Cl)c(Cl)c2)C1=O.Cl. The molecule has 0 aromatic heterocycles. The van der Waals surface area contributed by atoms with E-state index in [4.69, 9.17) is 28.9 Å². The summed E-state index contributed by atoms with van der Waals surface area (Å²) in [6.45, 7) is 2.09. The molecule has 0 bridgehead atoms. The molecule has 0 radical (unpaired) electrons. The first-order chi connectivity index (χ1) is 9.40. The van der Waals surface area contributed by atoms with Crippen LogP contribution in [0.2, 0.25) is 10.0 Å². The molecule has 2 rings (SSSR count). The molecular weight excluding hydrogens is 337 g/mol. The third kappa shape index (κ3) is 4.01.